The molecule has 0 aliphatic heterocycles. The lowest BCUT2D eigenvalue weighted by molar-refractivity contribution is -0.385. The molecule has 12 nitrogen and oxygen atoms in total. The van der Waals surface area contributed by atoms with Gasteiger partial charge in [-0.2, -0.15) is 0 Å². The summed E-state index contributed by atoms with van der Waals surface area (Å²) >= 11 is 0. The maximum atomic E-state index is 11.8. The molecule has 1 amide bonds. The second-order valence-corrected chi connectivity index (χ2v) is 4.81. The highest BCUT2D eigenvalue weighted by atomic mass is 16.6. The summed E-state index contributed by atoms with van der Waals surface area (Å²) < 4.78 is 8.49. The molecule has 0 unspecified atom stereocenters. The Kier molecular flexibility index (Phi) is 7.72. The first-order valence-electron chi connectivity index (χ1n) is 7.24. The van der Waals surface area contributed by atoms with Gasteiger partial charge in [0.15, 0.2) is 0 Å². The first-order valence-corrected chi connectivity index (χ1v) is 7.24. The first kappa shape index (κ1) is 21.7. The molecule has 0 aliphatic carbocycles. The molecule has 0 saturated carbocycles. The number of carbonyl (C=O) groups is 3. The predicted octanol–water partition coefficient (Wildman–Crippen LogP) is 2.21. The van der Waals surface area contributed by atoms with E-state index in [0.29, 0.717) is 0 Å². The largest absolute Gasteiger partial charge is 0.453 e. The van der Waals surface area contributed by atoms with Crippen LogP contribution in [0.5, 0.6) is 0 Å². The normalized spacial score (nSPS) is 9.32. The Bertz CT molecular complexity index is 825. The molecule has 2 aromatic carbocycles. The Balaban J connectivity index is 0.000000696. The average Bonchev–Trinajstić information content (AvgIpc) is 2.68. The average molecular weight is 391 g/mol. The van der Waals surface area contributed by atoms with Gasteiger partial charge in [-0.05, 0) is 24.3 Å². The molecule has 0 aliphatic rings. The predicted molar refractivity (Wildman–Crippen MR) is 92.5 cm³/mol. The van der Waals surface area contributed by atoms with Crippen LogP contribution in [0.15, 0.2) is 48.5 Å². The summed E-state index contributed by atoms with van der Waals surface area (Å²) in [4.78, 5) is 52.7. The van der Waals surface area contributed by atoms with E-state index in [1.54, 1.807) is 0 Å². The van der Waals surface area contributed by atoms with Crippen molar-refractivity contribution >= 4 is 29.4 Å². The quantitative estimate of drug-likeness (QED) is 0.353. The lowest BCUT2D eigenvalue weighted by Crippen LogP contribution is -2.12. The fraction of sp³-hybridized carbons (Fsp3) is 0.0625. The number of ether oxygens (including phenoxy) is 2. The van der Waals surface area contributed by atoms with Crippen molar-refractivity contribution in [1.82, 2.24) is 0 Å². The van der Waals surface area contributed by atoms with Gasteiger partial charge in [0, 0.05) is 24.3 Å². The molecule has 2 rings (SSSR count). The Morgan fingerprint density at radius 3 is 1.29 bits per heavy atom. The van der Waals surface area contributed by atoms with Crippen LogP contribution in [-0.2, 0) is 9.47 Å². The van der Waals surface area contributed by atoms with Gasteiger partial charge >= 0.3 is 18.0 Å². The van der Waals surface area contributed by atoms with E-state index < -0.39 is 27.9 Å². The van der Waals surface area contributed by atoms with Gasteiger partial charge in [0.05, 0.1) is 28.1 Å². The van der Waals surface area contributed by atoms with E-state index in [4.69, 9.17) is 0 Å². The Hall–Kier alpha value is -4.35. The topological polar surface area (TPSA) is 182 Å². The van der Waals surface area contributed by atoms with Crippen LogP contribution >= 0.6 is 0 Å². The number of hydrogen-bond donors (Lipinski definition) is 1. The van der Waals surface area contributed by atoms with Crippen LogP contribution in [0.2, 0.25) is 0 Å². The van der Waals surface area contributed by atoms with Gasteiger partial charge in [0.2, 0.25) is 0 Å². The van der Waals surface area contributed by atoms with Crippen LogP contribution in [0, 0.1) is 20.2 Å². The molecular formula is C16H13N3O9. The van der Waals surface area contributed by atoms with E-state index in [1.165, 1.54) is 7.11 Å². The van der Waals surface area contributed by atoms with E-state index in [1.807, 2.05) is 0 Å². The standard InChI is InChI=1S/C14H8N2O7.C2H5NO2/c17-13(9-1-5-11(6-2-9)15(19)20)23-14(18)10-3-7-12(8-4-10)16(21)22;1-5-2(3)4/h1-8H;1H3,(H2,3,4). The van der Waals surface area contributed by atoms with E-state index >= 15 is 0 Å². The molecule has 0 fully saturated rings. The number of nitrogens with zero attached hydrogens (tertiary/aromatic N) is 2. The monoisotopic (exact) mass is 391 g/mol. The summed E-state index contributed by atoms with van der Waals surface area (Å²) in [7, 11) is 1.22. The minimum absolute atomic E-state index is 0.0362. The summed E-state index contributed by atoms with van der Waals surface area (Å²) in [5, 5.41) is 21.0. The number of hydrogen-bond acceptors (Lipinski definition) is 9. The highest BCUT2D eigenvalue weighted by Gasteiger charge is 2.17. The third kappa shape index (κ3) is 6.51. The molecule has 0 bridgehead atoms. The zero-order valence-corrected chi connectivity index (χ0v) is 14.3. The molecule has 0 radical (unpaired) electrons. The van der Waals surface area contributed by atoms with Crippen molar-refractivity contribution in [2.24, 2.45) is 5.73 Å². The molecule has 0 aromatic heterocycles. The maximum absolute atomic E-state index is 11.8. The van der Waals surface area contributed by atoms with Crippen molar-refractivity contribution in [1.29, 1.82) is 0 Å². The van der Waals surface area contributed by atoms with Crippen LogP contribution in [0.1, 0.15) is 20.7 Å². The second-order valence-electron chi connectivity index (χ2n) is 4.81. The van der Waals surface area contributed by atoms with Crippen molar-refractivity contribution in [2.75, 3.05) is 7.11 Å². The number of nitrogens with two attached hydrogens (primary N) is 1. The first-order chi connectivity index (χ1) is 13.1. The minimum Gasteiger partial charge on any atom is -0.453 e. The van der Waals surface area contributed by atoms with Gasteiger partial charge < -0.3 is 15.2 Å². The van der Waals surface area contributed by atoms with Crippen LogP contribution in [0.25, 0.3) is 0 Å². The molecule has 0 spiro atoms. The second kappa shape index (κ2) is 9.96. The van der Waals surface area contributed by atoms with Crippen LogP contribution in [0.3, 0.4) is 0 Å². The molecular weight excluding hydrogens is 378 g/mol. The summed E-state index contributed by atoms with van der Waals surface area (Å²) in [5.74, 6) is -1.97. The molecule has 2 aromatic rings. The fourth-order valence-electron chi connectivity index (χ4n) is 1.64. The number of carbonyl (C=O) groups excluding carboxylic acids is 3. The highest BCUT2D eigenvalue weighted by molar-refractivity contribution is 6.02. The summed E-state index contributed by atoms with van der Waals surface area (Å²) in [6.45, 7) is 0. The number of methoxy groups -OCH3 is 1. The van der Waals surface area contributed by atoms with Gasteiger partial charge in [-0.3, -0.25) is 20.2 Å². The molecule has 0 saturated heterocycles. The van der Waals surface area contributed by atoms with Gasteiger partial charge in [-0.1, -0.05) is 0 Å². The number of amides is 1. The van der Waals surface area contributed by atoms with Gasteiger partial charge in [-0.15, -0.1) is 0 Å². The number of benzene rings is 2. The number of non-ortho nitro benzene ring substituents is 2. The minimum atomic E-state index is -0.983. The number of rotatable bonds is 4. The highest BCUT2D eigenvalue weighted by Crippen LogP contribution is 2.15. The number of nitro benzene ring substituents is 2. The smallest absolute Gasteiger partial charge is 0.404 e. The van der Waals surface area contributed by atoms with Crippen molar-refractivity contribution < 1.29 is 33.7 Å². The van der Waals surface area contributed by atoms with Crippen LogP contribution in [0.4, 0.5) is 16.2 Å². The SMILES string of the molecule is COC(N)=O.O=C(OC(=O)c1ccc([N+](=O)[O-])cc1)c1ccc([N+](=O)[O-])cc1. The fourth-order valence-corrected chi connectivity index (χ4v) is 1.64. The Labute approximate surface area is 156 Å². The van der Waals surface area contributed by atoms with E-state index in [-0.39, 0.29) is 22.5 Å². The summed E-state index contributed by atoms with van der Waals surface area (Å²) in [5.41, 5.74) is 3.95. The molecule has 2 N–H and O–H groups in total. The number of nitro groups is 2. The number of primary amides is 1. The van der Waals surface area contributed by atoms with E-state index in [0.717, 1.165) is 48.5 Å². The zero-order chi connectivity index (χ0) is 21.3. The van der Waals surface area contributed by atoms with Gasteiger partial charge in [0.25, 0.3) is 11.4 Å². The van der Waals surface area contributed by atoms with Gasteiger partial charge in [-0.25, -0.2) is 14.4 Å². The number of esters is 2. The van der Waals surface area contributed by atoms with Crippen molar-refractivity contribution in [2.45, 2.75) is 0 Å². The molecule has 0 atom stereocenters. The van der Waals surface area contributed by atoms with Crippen LogP contribution in [-0.4, -0.2) is 35.0 Å². The molecule has 28 heavy (non-hydrogen) atoms. The molecule has 146 valence electrons. The summed E-state index contributed by atoms with van der Waals surface area (Å²) in [6.07, 6.45) is -0.745. The van der Waals surface area contributed by atoms with Crippen molar-refractivity contribution in [3.63, 3.8) is 0 Å². The Morgan fingerprint density at radius 2 is 1.07 bits per heavy atom. The van der Waals surface area contributed by atoms with Crippen molar-refractivity contribution in [3.8, 4) is 0 Å². The van der Waals surface area contributed by atoms with Gasteiger partial charge in [0.1, 0.15) is 0 Å². The zero-order valence-electron chi connectivity index (χ0n) is 14.3. The van der Waals surface area contributed by atoms with Crippen LogP contribution < -0.4 is 5.73 Å². The maximum Gasteiger partial charge on any atom is 0.404 e. The van der Waals surface area contributed by atoms with E-state index in [2.05, 4.69) is 15.2 Å². The molecule has 0 heterocycles. The summed E-state index contributed by atoms with van der Waals surface area (Å²) in [6, 6.07) is 9.04. The third-order valence-electron chi connectivity index (χ3n) is 3.01. The lowest BCUT2D eigenvalue weighted by atomic mass is 10.2. The van der Waals surface area contributed by atoms with Crippen molar-refractivity contribution in [3.05, 3.63) is 79.9 Å². The lowest BCUT2D eigenvalue weighted by Gasteiger charge is -2.03. The van der Waals surface area contributed by atoms with E-state index in [9.17, 15) is 34.6 Å². The molecule has 12 heteroatoms. The third-order valence-corrected chi connectivity index (χ3v) is 3.01. The Morgan fingerprint density at radius 1 is 0.786 bits per heavy atom.